The van der Waals surface area contributed by atoms with Gasteiger partial charge in [-0.1, -0.05) is 0 Å². The van der Waals surface area contributed by atoms with Gasteiger partial charge in [-0.2, -0.15) is 0 Å². The molecule has 4 rings (SSSR count). The van der Waals surface area contributed by atoms with Crippen LogP contribution in [0, 0.1) is 0 Å². The number of phenols is 3. The molecule has 0 aliphatic carbocycles. The van der Waals surface area contributed by atoms with Gasteiger partial charge in [0.05, 0.1) is 12.2 Å². The zero-order valence-electron chi connectivity index (χ0n) is 15.9. The molecule has 0 amide bonds. The lowest BCUT2D eigenvalue weighted by Crippen LogP contribution is -2.55. The summed E-state index contributed by atoms with van der Waals surface area (Å²) < 4.78 is 11.3. The van der Waals surface area contributed by atoms with Crippen LogP contribution in [-0.4, -0.2) is 66.8 Å². The topological polar surface area (TPSA) is 181 Å². The Labute approximate surface area is 174 Å². The third-order valence-electron chi connectivity index (χ3n) is 5.33. The third-order valence-corrected chi connectivity index (χ3v) is 5.33. The fourth-order valence-corrected chi connectivity index (χ4v) is 3.70. The lowest BCUT2D eigenvalue weighted by molar-refractivity contribution is -0.231. The van der Waals surface area contributed by atoms with Gasteiger partial charge in [0.1, 0.15) is 58.9 Å². The molecule has 1 aromatic heterocycles. The van der Waals surface area contributed by atoms with Gasteiger partial charge in [0.25, 0.3) is 0 Å². The highest BCUT2D eigenvalue weighted by Crippen LogP contribution is 2.43. The van der Waals surface area contributed by atoms with Gasteiger partial charge in [-0.3, -0.25) is 4.79 Å². The van der Waals surface area contributed by atoms with Gasteiger partial charge in [0.15, 0.2) is 11.0 Å². The molecule has 164 valence electrons. The van der Waals surface area contributed by atoms with E-state index in [2.05, 4.69) is 0 Å². The Balaban J connectivity index is 1.96. The highest BCUT2D eigenvalue weighted by Gasteiger charge is 2.46. The maximum absolute atomic E-state index is 12.7. The lowest BCUT2D eigenvalue weighted by atomic mass is 9.89. The van der Waals surface area contributed by atoms with Gasteiger partial charge in [0.2, 0.25) is 0 Å². The first-order valence-electron chi connectivity index (χ1n) is 9.35. The van der Waals surface area contributed by atoms with Crippen LogP contribution in [0.5, 0.6) is 17.2 Å². The second-order valence-electron chi connectivity index (χ2n) is 7.30. The maximum Gasteiger partial charge on any atom is 0.197 e. The number of benzene rings is 2. The monoisotopic (exact) mass is 432 g/mol. The van der Waals surface area contributed by atoms with Gasteiger partial charge in [-0.15, -0.1) is 0 Å². The molecule has 5 atom stereocenters. The van der Waals surface area contributed by atoms with E-state index in [1.807, 2.05) is 0 Å². The van der Waals surface area contributed by atoms with Gasteiger partial charge in [-0.05, 0) is 24.3 Å². The number of aliphatic hydroxyl groups is 4. The smallest absolute Gasteiger partial charge is 0.197 e. The van der Waals surface area contributed by atoms with Crippen LogP contribution in [0.15, 0.2) is 45.6 Å². The zero-order valence-corrected chi connectivity index (χ0v) is 15.9. The van der Waals surface area contributed by atoms with Crippen LogP contribution in [0.25, 0.3) is 22.3 Å². The number of phenolic OH excluding ortho intramolecular Hbond substituents is 3. The van der Waals surface area contributed by atoms with E-state index < -0.39 is 54.1 Å². The van der Waals surface area contributed by atoms with Crippen molar-refractivity contribution >= 4 is 11.0 Å². The van der Waals surface area contributed by atoms with Crippen molar-refractivity contribution in [3.63, 3.8) is 0 Å². The molecule has 7 N–H and O–H groups in total. The molecule has 0 saturated carbocycles. The van der Waals surface area contributed by atoms with Crippen LogP contribution in [0.4, 0.5) is 0 Å². The number of hydrogen-bond acceptors (Lipinski definition) is 10. The zero-order chi connectivity index (χ0) is 22.4. The molecule has 2 aromatic carbocycles. The van der Waals surface area contributed by atoms with Crippen molar-refractivity contribution < 1.29 is 44.9 Å². The standard InChI is InChI=1S/C21H20O10/c22-7-14-17(27)18(28)19(29)21(31-14)16-11(25)5-10(24)15-12(26)6-13(30-20(15)16)8-1-3-9(23)4-2-8/h1-6,14,17-19,21-25,27-29H,7H2/t14?,17-,18?,19+,21-/m1/s1. The summed E-state index contributed by atoms with van der Waals surface area (Å²) in [6.45, 7) is -0.694. The molecule has 10 nitrogen and oxygen atoms in total. The number of aromatic hydroxyl groups is 3. The minimum Gasteiger partial charge on any atom is -0.508 e. The summed E-state index contributed by atoms with van der Waals surface area (Å²) in [5, 5.41) is 70.0. The van der Waals surface area contributed by atoms with Crippen molar-refractivity contribution in [2.75, 3.05) is 6.61 Å². The normalized spacial score (nSPS) is 26.3. The van der Waals surface area contributed by atoms with Gasteiger partial charge < -0.3 is 44.9 Å². The number of fused-ring (bicyclic) bond motifs is 1. The first-order valence-corrected chi connectivity index (χ1v) is 9.35. The SMILES string of the molecule is O=c1cc(-c2ccc(O)cc2)oc2c([C@H]3OC(CO)[C@@H](O)C(O)[C@@H]3O)c(O)cc(O)c12. The Morgan fingerprint density at radius 2 is 1.55 bits per heavy atom. The summed E-state index contributed by atoms with van der Waals surface area (Å²) >= 11 is 0. The Hall–Kier alpha value is -3.15. The van der Waals surface area contributed by atoms with E-state index in [9.17, 15) is 40.5 Å². The summed E-state index contributed by atoms with van der Waals surface area (Å²) in [4.78, 5) is 12.7. The molecule has 31 heavy (non-hydrogen) atoms. The summed E-state index contributed by atoms with van der Waals surface area (Å²) in [6, 6.07) is 7.69. The lowest BCUT2D eigenvalue weighted by Gasteiger charge is -2.40. The van der Waals surface area contributed by atoms with Crippen LogP contribution >= 0.6 is 0 Å². The first-order chi connectivity index (χ1) is 14.7. The predicted octanol–water partition coefficient (Wildman–Crippen LogP) is 0.0917. The van der Waals surface area contributed by atoms with E-state index in [4.69, 9.17) is 9.15 Å². The summed E-state index contributed by atoms with van der Waals surface area (Å²) in [7, 11) is 0. The minimum absolute atomic E-state index is 0.0100. The Morgan fingerprint density at radius 1 is 0.871 bits per heavy atom. The van der Waals surface area contributed by atoms with E-state index in [1.54, 1.807) is 0 Å². The molecule has 0 spiro atoms. The van der Waals surface area contributed by atoms with Crippen LogP contribution in [-0.2, 0) is 4.74 Å². The summed E-state index contributed by atoms with van der Waals surface area (Å²) in [5.74, 6) is -1.15. The van der Waals surface area contributed by atoms with Crippen molar-refractivity contribution in [3.05, 3.63) is 52.2 Å². The highest BCUT2D eigenvalue weighted by atomic mass is 16.5. The van der Waals surface area contributed by atoms with E-state index in [0.717, 1.165) is 12.1 Å². The van der Waals surface area contributed by atoms with Crippen molar-refractivity contribution in [1.29, 1.82) is 0 Å². The number of aliphatic hydroxyl groups excluding tert-OH is 4. The predicted molar refractivity (Wildman–Crippen MR) is 106 cm³/mol. The van der Waals surface area contributed by atoms with E-state index >= 15 is 0 Å². The van der Waals surface area contributed by atoms with Crippen LogP contribution in [0.3, 0.4) is 0 Å². The van der Waals surface area contributed by atoms with Gasteiger partial charge in [0, 0.05) is 17.7 Å². The molecule has 1 aliphatic heterocycles. The summed E-state index contributed by atoms with van der Waals surface area (Å²) in [5.41, 5.74) is -0.813. The van der Waals surface area contributed by atoms with Gasteiger partial charge in [-0.25, -0.2) is 0 Å². The van der Waals surface area contributed by atoms with Crippen molar-refractivity contribution in [1.82, 2.24) is 0 Å². The summed E-state index contributed by atoms with van der Waals surface area (Å²) in [6.07, 6.45) is -7.87. The van der Waals surface area contributed by atoms with Crippen molar-refractivity contribution in [3.8, 4) is 28.6 Å². The average molecular weight is 432 g/mol. The van der Waals surface area contributed by atoms with Crippen LogP contribution < -0.4 is 5.43 Å². The molecule has 1 aliphatic rings. The van der Waals surface area contributed by atoms with E-state index in [-0.39, 0.29) is 28.0 Å². The maximum atomic E-state index is 12.7. The van der Waals surface area contributed by atoms with Crippen LogP contribution in [0.1, 0.15) is 11.7 Å². The molecule has 2 heterocycles. The number of rotatable bonds is 3. The number of ether oxygens (including phenoxy) is 1. The molecule has 10 heteroatoms. The van der Waals surface area contributed by atoms with Crippen molar-refractivity contribution in [2.45, 2.75) is 30.5 Å². The van der Waals surface area contributed by atoms with Crippen LogP contribution in [0.2, 0.25) is 0 Å². The quantitative estimate of drug-likeness (QED) is 0.300. The molecule has 1 fully saturated rings. The fraction of sp³-hybridized carbons (Fsp3) is 0.286. The third kappa shape index (κ3) is 3.50. The molecular weight excluding hydrogens is 412 g/mol. The molecule has 0 bridgehead atoms. The second-order valence-corrected chi connectivity index (χ2v) is 7.30. The fourth-order valence-electron chi connectivity index (χ4n) is 3.70. The van der Waals surface area contributed by atoms with Gasteiger partial charge >= 0.3 is 0 Å². The largest absolute Gasteiger partial charge is 0.508 e. The number of hydrogen-bond donors (Lipinski definition) is 7. The average Bonchev–Trinajstić information content (AvgIpc) is 2.73. The van der Waals surface area contributed by atoms with E-state index in [1.165, 1.54) is 24.3 Å². The Bertz CT molecular complexity index is 1170. The minimum atomic E-state index is -1.75. The van der Waals surface area contributed by atoms with Crippen molar-refractivity contribution in [2.24, 2.45) is 0 Å². The molecule has 1 saturated heterocycles. The highest BCUT2D eigenvalue weighted by molar-refractivity contribution is 5.89. The molecule has 0 radical (unpaired) electrons. The molecular formula is C21H20O10. The Kier molecular flexibility index (Phi) is 5.33. The second kappa shape index (κ2) is 7.84. The molecule has 3 aromatic rings. The Morgan fingerprint density at radius 3 is 2.19 bits per heavy atom. The van der Waals surface area contributed by atoms with E-state index in [0.29, 0.717) is 5.56 Å². The molecule has 2 unspecified atom stereocenters. The first kappa shape index (κ1) is 21.1.